The predicted octanol–water partition coefficient (Wildman–Crippen LogP) is 4.81. The number of fused-ring (bicyclic) bond motifs is 1. The summed E-state index contributed by atoms with van der Waals surface area (Å²) in [5, 5.41) is 6.45. The van der Waals surface area contributed by atoms with Crippen LogP contribution in [-0.2, 0) is 6.54 Å². The van der Waals surface area contributed by atoms with Gasteiger partial charge in [0.25, 0.3) is 0 Å². The van der Waals surface area contributed by atoms with E-state index in [1.54, 1.807) is 6.20 Å². The molecule has 0 spiro atoms. The Bertz CT molecular complexity index is 753. The van der Waals surface area contributed by atoms with E-state index in [4.69, 9.17) is 11.6 Å². The van der Waals surface area contributed by atoms with E-state index in [1.807, 2.05) is 13.0 Å². The van der Waals surface area contributed by atoms with Gasteiger partial charge in [0.2, 0.25) is 0 Å². The van der Waals surface area contributed by atoms with Gasteiger partial charge in [0.05, 0.1) is 11.9 Å². The molecule has 0 aliphatic heterocycles. The van der Waals surface area contributed by atoms with Crippen molar-refractivity contribution in [3.05, 3.63) is 71.0 Å². The molecule has 100 valence electrons. The number of rotatable bonds is 3. The van der Waals surface area contributed by atoms with Gasteiger partial charge in [-0.15, -0.1) is 0 Å². The molecule has 2 aromatic carbocycles. The zero-order valence-corrected chi connectivity index (χ0v) is 12.0. The molecule has 0 fully saturated rings. The number of benzene rings is 2. The molecule has 20 heavy (non-hydrogen) atoms. The third kappa shape index (κ3) is 2.75. The van der Waals surface area contributed by atoms with Gasteiger partial charge in [0.15, 0.2) is 0 Å². The Morgan fingerprint density at radius 3 is 2.65 bits per heavy atom. The van der Waals surface area contributed by atoms with Crippen LogP contribution in [0.15, 0.2) is 54.7 Å². The van der Waals surface area contributed by atoms with Gasteiger partial charge in [-0.05, 0) is 41.0 Å². The summed E-state index contributed by atoms with van der Waals surface area (Å²) in [6.07, 6.45) is 1.76. The van der Waals surface area contributed by atoms with Crippen molar-refractivity contribution in [2.75, 3.05) is 5.32 Å². The van der Waals surface area contributed by atoms with E-state index < -0.39 is 0 Å². The van der Waals surface area contributed by atoms with Crippen molar-refractivity contribution >= 4 is 28.1 Å². The van der Waals surface area contributed by atoms with Crippen molar-refractivity contribution in [1.82, 2.24) is 4.98 Å². The number of pyridine rings is 1. The molecule has 3 rings (SSSR count). The number of aromatic nitrogens is 1. The van der Waals surface area contributed by atoms with E-state index in [2.05, 4.69) is 52.8 Å². The molecule has 0 bridgehead atoms. The third-order valence-electron chi connectivity index (χ3n) is 3.32. The largest absolute Gasteiger partial charge is 0.380 e. The van der Waals surface area contributed by atoms with Gasteiger partial charge < -0.3 is 5.32 Å². The van der Waals surface area contributed by atoms with E-state index >= 15 is 0 Å². The molecule has 0 saturated heterocycles. The lowest BCUT2D eigenvalue weighted by atomic mass is 10.1. The molecule has 3 aromatic rings. The quantitative estimate of drug-likeness (QED) is 0.698. The highest BCUT2D eigenvalue weighted by Gasteiger charge is 2.00. The number of nitrogens with one attached hydrogen (secondary N) is 1. The molecule has 1 aromatic heterocycles. The van der Waals surface area contributed by atoms with Crippen LogP contribution >= 0.6 is 11.6 Å². The molecule has 0 aliphatic carbocycles. The molecular formula is C17H15ClN2. The second-order valence-corrected chi connectivity index (χ2v) is 5.22. The second-order valence-electron chi connectivity index (χ2n) is 4.87. The number of hydrogen-bond acceptors (Lipinski definition) is 2. The van der Waals surface area contributed by atoms with E-state index in [9.17, 15) is 0 Å². The van der Waals surface area contributed by atoms with E-state index in [-0.39, 0.29) is 0 Å². The Labute approximate surface area is 123 Å². The van der Waals surface area contributed by atoms with Crippen LogP contribution in [0.25, 0.3) is 10.8 Å². The summed E-state index contributed by atoms with van der Waals surface area (Å²) in [7, 11) is 0. The predicted molar refractivity (Wildman–Crippen MR) is 85.3 cm³/mol. The molecule has 0 aliphatic rings. The van der Waals surface area contributed by atoms with Gasteiger partial charge >= 0.3 is 0 Å². The first kappa shape index (κ1) is 12.9. The number of anilines is 1. The summed E-state index contributed by atoms with van der Waals surface area (Å²) in [5.74, 6) is 0. The van der Waals surface area contributed by atoms with Crippen LogP contribution in [0, 0.1) is 6.92 Å². The molecule has 0 unspecified atom stereocenters. The first-order valence-electron chi connectivity index (χ1n) is 6.56. The van der Waals surface area contributed by atoms with Gasteiger partial charge in [-0.25, -0.2) is 4.98 Å². The summed E-state index contributed by atoms with van der Waals surface area (Å²) >= 11 is 5.92. The maximum absolute atomic E-state index is 5.92. The van der Waals surface area contributed by atoms with Crippen molar-refractivity contribution in [2.45, 2.75) is 13.5 Å². The number of aryl methyl sites for hydroxylation is 1. The van der Waals surface area contributed by atoms with Gasteiger partial charge in [-0.2, -0.15) is 0 Å². The fourth-order valence-electron chi connectivity index (χ4n) is 2.21. The Hall–Kier alpha value is -2.06. The monoisotopic (exact) mass is 282 g/mol. The first-order valence-corrected chi connectivity index (χ1v) is 6.94. The number of nitrogens with zero attached hydrogens (tertiary/aromatic N) is 1. The zero-order valence-electron chi connectivity index (χ0n) is 11.2. The van der Waals surface area contributed by atoms with Crippen molar-refractivity contribution in [3.8, 4) is 0 Å². The standard InChI is InChI=1S/C17H15ClN2/c1-12-8-16(11-20-17(12)18)19-10-13-6-7-14-4-2-3-5-15(14)9-13/h2-9,11,19H,10H2,1H3. The lowest BCUT2D eigenvalue weighted by Crippen LogP contribution is -2.00. The van der Waals surface area contributed by atoms with Crippen LogP contribution in [0.4, 0.5) is 5.69 Å². The lowest BCUT2D eigenvalue weighted by molar-refractivity contribution is 1.13. The topological polar surface area (TPSA) is 24.9 Å². The Morgan fingerprint density at radius 2 is 1.85 bits per heavy atom. The van der Waals surface area contributed by atoms with Gasteiger partial charge in [0.1, 0.15) is 5.15 Å². The van der Waals surface area contributed by atoms with Crippen LogP contribution in [0.3, 0.4) is 0 Å². The van der Waals surface area contributed by atoms with Crippen molar-refractivity contribution in [2.24, 2.45) is 0 Å². The Balaban J connectivity index is 1.77. The van der Waals surface area contributed by atoms with Gasteiger partial charge in [-0.3, -0.25) is 0 Å². The van der Waals surface area contributed by atoms with Crippen molar-refractivity contribution in [1.29, 1.82) is 0 Å². The Kier molecular flexibility index (Phi) is 3.57. The maximum atomic E-state index is 5.92. The second kappa shape index (κ2) is 5.51. The zero-order chi connectivity index (χ0) is 13.9. The average molecular weight is 283 g/mol. The van der Waals surface area contributed by atoms with Crippen LogP contribution in [0.1, 0.15) is 11.1 Å². The summed E-state index contributed by atoms with van der Waals surface area (Å²) in [6, 6.07) is 16.9. The summed E-state index contributed by atoms with van der Waals surface area (Å²) in [6.45, 7) is 2.73. The fourth-order valence-corrected chi connectivity index (χ4v) is 2.31. The number of hydrogen-bond donors (Lipinski definition) is 1. The highest BCUT2D eigenvalue weighted by atomic mass is 35.5. The minimum Gasteiger partial charge on any atom is -0.380 e. The normalized spacial score (nSPS) is 10.7. The highest BCUT2D eigenvalue weighted by Crippen LogP contribution is 2.19. The molecule has 3 heteroatoms. The lowest BCUT2D eigenvalue weighted by Gasteiger charge is -2.08. The van der Waals surface area contributed by atoms with Crippen LogP contribution in [0.5, 0.6) is 0 Å². The summed E-state index contributed by atoms with van der Waals surface area (Å²) < 4.78 is 0. The minimum absolute atomic E-state index is 0.557. The van der Waals surface area contributed by atoms with Crippen LogP contribution in [-0.4, -0.2) is 4.98 Å². The van der Waals surface area contributed by atoms with E-state index in [1.165, 1.54) is 16.3 Å². The molecule has 0 amide bonds. The fraction of sp³-hybridized carbons (Fsp3) is 0.118. The van der Waals surface area contributed by atoms with Crippen molar-refractivity contribution < 1.29 is 0 Å². The Morgan fingerprint density at radius 1 is 1.05 bits per heavy atom. The SMILES string of the molecule is Cc1cc(NCc2ccc3ccccc3c2)cnc1Cl. The van der Waals surface area contributed by atoms with E-state index in [0.29, 0.717) is 5.15 Å². The van der Waals surface area contributed by atoms with Gasteiger partial charge in [0, 0.05) is 6.54 Å². The molecule has 1 N–H and O–H groups in total. The average Bonchev–Trinajstić information content (AvgIpc) is 2.48. The third-order valence-corrected chi connectivity index (χ3v) is 3.72. The number of halogens is 1. The summed E-state index contributed by atoms with van der Waals surface area (Å²) in [5.41, 5.74) is 3.21. The molecule has 0 radical (unpaired) electrons. The van der Waals surface area contributed by atoms with Crippen LogP contribution in [0.2, 0.25) is 5.15 Å². The van der Waals surface area contributed by atoms with Crippen molar-refractivity contribution in [3.63, 3.8) is 0 Å². The molecule has 0 saturated carbocycles. The molecule has 0 atom stereocenters. The van der Waals surface area contributed by atoms with Gasteiger partial charge in [-0.1, -0.05) is 48.0 Å². The maximum Gasteiger partial charge on any atom is 0.132 e. The highest BCUT2D eigenvalue weighted by molar-refractivity contribution is 6.30. The first-order chi connectivity index (χ1) is 9.72. The summed E-state index contributed by atoms with van der Waals surface area (Å²) in [4.78, 5) is 4.14. The van der Waals surface area contributed by atoms with E-state index in [0.717, 1.165) is 17.8 Å². The molecule has 1 heterocycles. The van der Waals surface area contributed by atoms with Crippen LogP contribution < -0.4 is 5.32 Å². The molecular weight excluding hydrogens is 268 g/mol. The smallest absolute Gasteiger partial charge is 0.132 e. The molecule has 2 nitrogen and oxygen atoms in total. The minimum atomic E-state index is 0.557.